The van der Waals surface area contributed by atoms with Gasteiger partial charge in [-0.15, -0.1) is 11.3 Å². The zero-order chi connectivity index (χ0) is 16.2. The van der Waals surface area contributed by atoms with Gasteiger partial charge in [-0.2, -0.15) is 0 Å². The molecule has 1 aromatic heterocycles. The van der Waals surface area contributed by atoms with Gasteiger partial charge in [0.05, 0.1) is 22.8 Å². The highest BCUT2D eigenvalue weighted by molar-refractivity contribution is 7.09. The summed E-state index contributed by atoms with van der Waals surface area (Å²) >= 11 is 7.43. The van der Waals surface area contributed by atoms with Crippen LogP contribution in [0.5, 0.6) is 0 Å². The van der Waals surface area contributed by atoms with E-state index in [-0.39, 0.29) is 10.6 Å². The Morgan fingerprint density at radius 2 is 2.13 bits per heavy atom. The van der Waals surface area contributed by atoms with Crippen LogP contribution in [0.2, 0.25) is 5.02 Å². The summed E-state index contributed by atoms with van der Waals surface area (Å²) in [6.07, 6.45) is 6.23. The standard InChI is InChI=1S/C17H18ClFN2OS/c18-12-7-4-8-13(19)16(12)17(22)20-9-15-21-14(10-23-15)11-5-2-1-3-6-11/h4,7-8,10-11H,1-3,5-6,9H2,(H,20,22). The number of rotatable bonds is 4. The van der Waals surface area contributed by atoms with Crippen molar-refractivity contribution in [3.8, 4) is 0 Å². The number of halogens is 2. The average molecular weight is 353 g/mol. The van der Waals surface area contributed by atoms with E-state index in [2.05, 4.69) is 15.7 Å². The number of benzene rings is 1. The summed E-state index contributed by atoms with van der Waals surface area (Å²) < 4.78 is 13.7. The first-order chi connectivity index (χ1) is 11.1. The zero-order valence-corrected chi connectivity index (χ0v) is 14.2. The van der Waals surface area contributed by atoms with Crippen molar-refractivity contribution in [1.29, 1.82) is 0 Å². The highest BCUT2D eigenvalue weighted by atomic mass is 35.5. The Balaban J connectivity index is 1.62. The quantitative estimate of drug-likeness (QED) is 0.849. The summed E-state index contributed by atoms with van der Waals surface area (Å²) in [5, 5.41) is 5.73. The van der Waals surface area contributed by atoms with E-state index in [4.69, 9.17) is 11.6 Å². The largest absolute Gasteiger partial charge is 0.345 e. The van der Waals surface area contributed by atoms with Crippen LogP contribution in [0.15, 0.2) is 23.6 Å². The van der Waals surface area contributed by atoms with E-state index >= 15 is 0 Å². The Kier molecular flexibility index (Phi) is 5.28. The number of thiazole rings is 1. The molecule has 1 saturated carbocycles. The van der Waals surface area contributed by atoms with Crippen molar-refractivity contribution < 1.29 is 9.18 Å². The minimum Gasteiger partial charge on any atom is -0.345 e. The van der Waals surface area contributed by atoms with Gasteiger partial charge < -0.3 is 5.32 Å². The van der Waals surface area contributed by atoms with Crippen LogP contribution in [0.25, 0.3) is 0 Å². The topological polar surface area (TPSA) is 42.0 Å². The van der Waals surface area contributed by atoms with E-state index in [0.717, 1.165) is 10.7 Å². The third-order valence-electron chi connectivity index (χ3n) is 4.18. The van der Waals surface area contributed by atoms with Crippen LogP contribution in [0.3, 0.4) is 0 Å². The van der Waals surface area contributed by atoms with Crippen LogP contribution in [0.4, 0.5) is 4.39 Å². The van der Waals surface area contributed by atoms with E-state index in [1.165, 1.54) is 61.6 Å². The maximum atomic E-state index is 13.7. The van der Waals surface area contributed by atoms with Crippen molar-refractivity contribution in [2.24, 2.45) is 0 Å². The van der Waals surface area contributed by atoms with Crippen LogP contribution in [-0.4, -0.2) is 10.9 Å². The minimum absolute atomic E-state index is 0.113. The highest BCUT2D eigenvalue weighted by Crippen LogP contribution is 2.33. The molecule has 0 aliphatic heterocycles. The van der Waals surface area contributed by atoms with E-state index in [9.17, 15) is 9.18 Å². The molecule has 1 aromatic carbocycles. The van der Waals surface area contributed by atoms with Crippen molar-refractivity contribution >= 4 is 28.8 Å². The van der Waals surface area contributed by atoms with Crippen molar-refractivity contribution in [2.45, 2.75) is 44.6 Å². The smallest absolute Gasteiger partial charge is 0.256 e. The second kappa shape index (κ2) is 7.41. The molecule has 1 amide bonds. The molecule has 1 aliphatic carbocycles. The van der Waals surface area contributed by atoms with Crippen LogP contribution in [0, 0.1) is 5.82 Å². The zero-order valence-electron chi connectivity index (χ0n) is 12.6. The Morgan fingerprint density at radius 3 is 2.87 bits per heavy atom. The fourth-order valence-electron chi connectivity index (χ4n) is 2.95. The third-order valence-corrected chi connectivity index (χ3v) is 5.36. The molecule has 0 unspecified atom stereocenters. The predicted molar refractivity (Wildman–Crippen MR) is 90.5 cm³/mol. The lowest BCUT2D eigenvalue weighted by molar-refractivity contribution is 0.0947. The molecule has 0 atom stereocenters. The van der Waals surface area contributed by atoms with Gasteiger partial charge in [0.15, 0.2) is 0 Å². The van der Waals surface area contributed by atoms with Crippen molar-refractivity contribution in [3.63, 3.8) is 0 Å². The monoisotopic (exact) mass is 352 g/mol. The van der Waals surface area contributed by atoms with Gasteiger partial charge in [-0.1, -0.05) is 36.9 Å². The summed E-state index contributed by atoms with van der Waals surface area (Å²) in [5.41, 5.74) is 1.01. The Morgan fingerprint density at radius 1 is 1.35 bits per heavy atom. The van der Waals surface area contributed by atoms with Gasteiger partial charge >= 0.3 is 0 Å². The molecule has 2 aromatic rings. The van der Waals surface area contributed by atoms with Crippen LogP contribution in [-0.2, 0) is 6.54 Å². The van der Waals surface area contributed by atoms with Crippen LogP contribution >= 0.6 is 22.9 Å². The van der Waals surface area contributed by atoms with Crippen molar-refractivity contribution in [3.05, 3.63) is 50.7 Å². The predicted octanol–water partition coefficient (Wildman–Crippen LogP) is 4.91. The number of carbonyl (C=O) groups excluding carboxylic acids is 1. The molecular formula is C17H18ClFN2OS. The molecule has 1 aliphatic rings. The molecule has 1 N–H and O–H groups in total. The van der Waals surface area contributed by atoms with Gasteiger partial charge in [-0.05, 0) is 25.0 Å². The number of hydrogen-bond donors (Lipinski definition) is 1. The Labute approximate surface area is 143 Å². The van der Waals surface area contributed by atoms with Gasteiger partial charge in [0.25, 0.3) is 5.91 Å². The normalized spacial score (nSPS) is 15.6. The summed E-state index contributed by atoms with van der Waals surface area (Å²) in [6.45, 7) is 0.293. The lowest BCUT2D eigenvalue weighted by Gasteiger charge is -2.19. The Hall–Kier alpha value is -1.46. The van der Waals surface area contributed by atoms with Gasteiger partial charge in [-0.25, -0.2) is 9.37 Å². The van der Waals surface area contributed by atoms with Gasteiger partial charge in [-0.3, -0.25) is 4.79 Å². The summed E-state index contributed by atoms with van der Waals surface area (Å²) in [4.78, 5) is 16.7. The summed E-state index contributed by atoms with van der Waals surface area (Å²) in [5.74, 6) is -0.579. The second-order valence-corrected chi connectivity index (χ2v) is 7.13. The first-order valence-electron chi connectivity index (χ1n) is 7.81. The highest BCUT2D eigenvalue weighted by Gasteiger charge is 2.19. The molecule has 1 fully saturated rings. The number of amides is 1. The minimum atomic E-state index is -0.614. The van der Waals surface area contributed by atoms with E-state index < -0.39 is 11.7 Å². The second-order valence-electron chi connectivity index (χ2n) is 5.78. The van der Waals surface area contributed by atoms with Gasteiger partial charge in [0.1, 0.15) is 10.8 Å². The molecule has 23 heavy (non-hydrogen) atoms. The molecule has 122 valence electrons. The molecule has 6 heteroatoms. The first-order valence-corrected chi connectivity index (χ1v) is 9.07. The molecule has 1 heterocycles. The lowest BCUT2D eigenvalue weighted by Crippen LogP contribution is -2.24. The number of hydrogen-bond acceptors (Lipinski definition) is 3. The maximum absolute atomic E-state index is 13.7. The summed E-state index contributed by atoms with van der Waals surface area (Å²) in [6, 6.07) is 4.21. The first kappa shape index (κ1) is 16.4. The van der Waals surface area contributed by atoms with E-state index in [1.807, 2.05) is 0 Å². The maximum Gasteiger partial charge on any atom is 0.256 e. The molecular weight excluding hydrogens is 335 g/mol. The number of nitrogens with zero attached hydrogens (tertiary/aromatic N) is 1. The van der Waals surface area contributed by atoms with E-state index in [1.54, 1.807) is 0 Å². The molecule has 0 radical (unpaired) electrons. The molecule has 0 bridgehead atoms. The fourth-order valence-corrected chi connectivity index (χ4v) is 4.02. The fraction of sp³-hybridized carbons (Fsp3) is 0.412. The number of aromatic nitrogens is 1. The number of carbonyl (C=O) groups is 1. The third kappa shape index (κ3) is 3.90. The van der Waals surface area contributed by atoms with Crippen LogP contribution in [0.1, 0.15) is 59.1 Å². The molecule has 3 rings (SSSR count). The van der Waals surface area contributed by atoms with Crippen molar-refractivity contribution in [2.75, 3.05) is 0 Å². The van der Waals surface area contributed by atoms with Gasteiger partial charge in [0.2, 0.25) is 0 Å². The molecule has 0 saturated heterocycles. The van der Waals surface area contributed by atoms with E-state index in [0.29, 0.717) is 12.5 Å². The molecule has 0 spiro atoms. The lowest BCUT2D eigenvalue weighted by atomic mass is 9.87. The van der Waals surface area contributed by atoms with Crippen LogP contribution < -0.4 is 5.32 Å². The number of nitrogens with one attached hydrogen (secondary N) is 1. The summed E-state index contributed by atoms with van der Waals surface area (Å²) in [7, 11) is 0. The average Bonchev–Trinajstić information content (AvgIpc) is 3.02. The van der Waals surface area contributed by atoms with Crippen molar-refractivity contribution in [1.82, 2.24) is 10.3 Å². The van der Waals surface area contributed by atoms with Gasteiger partial charge in [0, 0.05) is 11.3 Å². The molecule has 3 nitrogen and oxygen atoms in total. The Bertz CT molecular complexity index is 677. The SMILES string of the molecule is O=C(NCc1nc(C2CCCCC2)cs1)c1c(F)cccc1Cl.